The minimum absolute atomic E-state index is 0.0977. The SMILES string of the molecule is COc1ccc(NC(=O)CSc2nc(C)c(C(C)=O)n2-c2ccc(Cl)cc2)cc1. The third-order valence-corrected chi connectivity index (χ3v) is 5.34. The second-order valence-corrected chi connectivity index (χ2v) is 7.64. The quantitative estimate of drug-likeness (QED) is 0.432. The molecule has 6 nitrogen and oxygen atoms in total. The second-order valence-electron chi connectivity index (χ2n) is 6.26. The molecule has 0 saturated carbocycles. The zero-order valence-electron chi connectivity index (χ0n) is 16.2. The van der Waals surface area contributed by atoms with Gasteiger partial charge in [-0.25, -0.2) is 4.98 Å². The van der Waals surface area contributed by atoms with E-state index in [9.17, 15) is 9.59 Å². The molecule has 0 aliphatic heterocycles. The molecule has 0 atom stereocenters. The molecule has 0 unspecified atom stereocenters. The van der Waals surface area contributed by atoms with Crippen molar-refractivity contribution in [1.29, 1.82) is 0 Å². The number of anilines is 1. The molecule has 1 N–H and O–H groups in total. The molecule has 0 fully saturated rings. The number of thioether (sulfide) groups is 1. The first-order valence-corrected chi connectivity index (χ1v) is 10.2. The second kappa shape index (κ2) is 9.15. The average molecular weight is 430 g/mol. The number of methoxy groups -OCH3 is 1. The van der Waals surface area contributed by atoms with Gasteiger partial charge in [0.2, 0.25) is 5.91 Å². The summed E-state index contributed by atoms with van der Waals surface area (Å²) in [6.45, 7) is 3.28. The number of Topliss-reactive ketones (excluding diaryl/α,β-unsaturated/α-hetero) is 1. The average Bonchev–Trinajstić information content (AvgIpc) is 3.04. The van der Waals surface area contributed by atoms with E-state index in [0.29, 0.717) is 27.3 Å². The van der Waals surface area contributed by atoms with Crippen molar-refractivity contribution in [3.8, 4) is 11.4 Å². The summed E-state index contributed by atoms with van der Waals surface area (Å²) in [5.74, 6) is 0.592. The van der Waals surface area contributed by atoms with Crippen LogP contribution in [0.1, 0.15) is 23.1 Å². The van der Waals surface area contributed by atoms with E-state index < -0.39 is 0 Å². The van der Waals surface area contributed by atoms with E-state index in [4.69, 9.17) is 16.3 Å². The molecular formula is C21H20ClN3O3S. The van der Waals surface area contributed by atoms with Crippen LogP contribution in [0.25, 0.3) is 5.69 Å². The highest BCUT2D eigenvalue weighted by Crippen LogP contribution is 2.27. The largest absolute Gasteiger partial charge is 0.497 e. The Morgan fingerprint density at radius 1 is 1.14 bits per heavy atom. The van der Waals surface area contributed by atoms with Gasteiger partial charge in [-0.05, 0) is 55.5 Å². The number of nitrogens with zero attached hydrogens (tertiary/aromatic N) is 2. The zero-order chi connectivity index (χ0) is 21.0. The summed E-state index contributed by atoms with van der Waals surface area (Å²) in [7, 11) is 1.59. The number of halogens is 1. The van der Waals surface area contributed by atoms with Gasteiger partial charge in [0.25, 0.3) is 0 Å². The number of carbonyl (C=O) groups is 2. The Hall–Kier alpha value is -2.77. The predicted octanol–water partition coefficient (Wildman–Crippen LogP) is 4.78. The summed E-state index contributed by atoms with van der Waals surface area (Å²) >= 11 is 7.25. The van der Waals surface area contributed by atoms with Crippen LogP contribution in [0.5, 0.6) is 5.75 Å². The van der Waals surface area contributed by atoms with Crippen LogP contribution < -0.4 is 10.1 Å². The normalized spacial score (nSPS) is 10.6. The number of aromatic nitrogens is 2. The fourth-order valence-corrected chi connectivity index (χ4v) is 3.83. The molecule has 0 saturated heterocycles. The van der Waals surface area contributed by atoms with Gasteiger partial charge in [0.15, 0.2) is 10.9 Å². The summed E-state index contributed by atoms with van der Waals surface area (Å²) in [5.41, 5.74) is 2.55. The van der Waals surface area contributed by atoms with Crippen LogP contribution >= 0.6 is 23.4 Å². The summed E-state index contributed by atoms with van der Waals surface area (Å²) in [6.07, 6.45) is 0. The molecule has 2 aromatic carbocycles. The van der Waals surface area contributed by atoms with Crippen LogP contribution in [0.15, 0.2) is 53.7 Å². The first kappa shape index (κ1) is 21.0. The van der Waals surface area contributed by atoms with E-state index in [0.717, 1.165) is 11.4 Å². The molecule has 8 heteroatoms. The Labute approximate surface area is 178 Å². The van der Waals surface area contributed by atoms with Crippen molar-refractivity contribution >= 4 is 40.7 Å². The molecule has 0 aliphatic carbocycles. The Bertz CT molecular complexity index is 1030. The maximum Gasteiger partial charge on any atom is 0.234 e. The van der Waals surface area contributed by atoms with Gasteiger partial charge in [-0.15, -0.1) is 0 Å². The van der Waals surface area contributed by atoms with E-state index in [2.05, 4.69) is 10.3 Å². The van der Waals surface area contributed by atoms with Crippen molar-refractivity contribution in [2.75, 3.05) is 18.2 Å². The number of benzene rings is 2. The zero-order valence-corrected chi connectivity index (χ0v) is 17.8. The first-order chi connectivity index (χ1) is 13.9. The maximum atomic E-state index is 12.4. The van der Waals surface area contributed by atoms with Crippen molar-refractivity contribution in [2.24, 2.45) is 0 Å². The van der Waals surface area contributed by atoms with Crippen LogP contribution in [0.2, 0.25) is 5.02 Å². The molecule has 29 heavy (non-hydrogen) atoms. The third-order valence-electron chi connectivity index (χ3n) is 4.15. The number of ketones is 1. The highest BCUT2D eigenvalue weighted by atomic mass is 35.5. The molecule has 1 aromatic heterocycles. The highest BCUT2D eigenvalue weighted by Gasteiger charge is 2.20. The lowest BCUT2D eigenvalue weighted by Gasteiger charge is -2.11. The summed E-state index contributed by atoms with van der Waals surface area (Å²) < 4.78 is 6.87. The van der Waals surface area contributed by atoms with Crippen LogP contribution in [-0.4, -0.2) is 34.1 Å². The van der Waals surface area contributed by atoms with Gasteiger partial charge in [0, 0.05) is 23.3 Å². The van der Waals surface area contributed by atoms with E-state index >= 15 is 0 Å². The minimum atomic E-state index is -0.173. The molecular weight excluding hydrogens is 410 g/mol. The molecule has 3 aromatic rings. The van der Waals surface area contributed by atoms with Gasteiger partial charge < -0.3 is 10.1 Å². The fourth-order valence-electron chi connectivity index (χ4n) is 2.84. The van der Waals surface area contributed by atoms with Crippen molar-refractivity contribution in [3.63, 3.8) is 0 Å². The van der Waals surface area contributed by atoms with Crippen LogP contribution in [0.4, 0.5) is 5.69 Å². The standard InChI is InChI=1S/C21H20ClN3O3S/c1-13-20(14(2)26)25(17-8-4-15(22)5-9-17)21(23-13)29-12-19(27)24-16-6-10-18(28-3)11-7-16/h4-11H,12H2,1-3H3,(H,24,27). The Morgan fingerprint density at radius 2 is 1.79 bits per heavy atom. The van der Waals surface area contributed by atoms with E-state index in [-0.39, 0.29) is 17.4 Å². The van der Waals surface area contributed by atoms with Gasteiger partial charge in [-0.2, -0.15) is 0 Å². The van der Waals surface area contributed by atoms with Crippen molar-refractivity contribution in [1.82, 2.24) is 9.55 Å². The predicted molar refractivity (Wildman–Crippen MR) is 116 cm³/mol. The molecule has 3 rings (SSSR count). The van der Waals surface area contributed by atoms with Gasteiger partial charge in [0.05, 0.1) is 18.6 Å². The molecule has 1 amide bonds. The lowest BCUT2D eigenvalue weighted by atomic mass is 10.2. The lowest BCUT2D eigenvalue weighted by molar-refractivity contribution is -0.113. The summed E-state index contributed by atoms with van der Waals surface area (Å²) in [6, 6.07) is 14.2. The van der Waals surface area contributed by atoms with E-state index in [1.807, 2.05) is 12.1 Å². The molecule has 150 valence electrons. The fraction of sp³-hybridized carbons (Fsp3) is 0.190. The monoisotopic (exact) mass is 429 g/mol. The summed E-state index contributed by atoms with van der Waals surface area (Å²) in [4.78, 5) is 29.1. The van der Waals surface area contributed by atoms with Crippen molar-refractivity contribution in [2.45, 2.75) is 19.0 Å². The molecule has 0 aliphatic rings. The number of ether oxygens (including phenoxy) is 1. The lowest BCUT2D eigenvalue weighted by Crippen LogP contribution is -2.14. The number of imidazole rings is 1. The Kier molecular flexibility index (Phi) is 6.61. The number of hydrogen-bond acceptors (Lipinski definition) is 5. The highest BCUT2D eigenvalue weighted by molar-refractivity contribution is 7.99. The number of rotatable bonds is 7. The van der Waals surface area contributed by atoms with Crippen LogP contribution in [0, 0.1) is 6.92 Å². The van der Waals surface area contributed by atoms with Gasteiger partial charge in [0.1, 0.15) is 11.4 Å². The Morgan fingerprint density at radius 3 is 2.38 bits per heavy atom. The van der Waals surface area contributed by atoms with Crippen molar-refractivity contribution in [3.05, 3.63) is 64.9 Å². The molecule has 1 heterocycles. The Balaban J connectivity index is 1.79. The van der Waals surface area contributed by atoms with Crippen LogP contribution in [0.3, 0.4) is 0 Å². The van der Waals surface area contributed by atoms with Crippen molar-refractivity contribution < 1.29 is 14.3 Å². The number of carbonyl (C=O) groups excluding carboxylic acids is 2. The van der Waals surface area contributed by atoms with Gasteiger partial charge >= 0.3 is 0 Å². The number of nitrogens with one attached hydrogen (secondary N) is 1. The van der Waals surface area contributed by atoms with Crippen LogP contribution in [-0.2, 0) is 4.79 Å². The smallest absolute Gasteiger partial charge is 0.234 e. The third kappa shape index (κ3) is 4.99. The van der Waals surface area contributed by atoms with E-state index in [1.54, 1.807) is 55.0 Å². The number of aryl methyl sites for hydroxylation is 1. The number of hydrogen-bond donors (Lipinski definition) is 1. The summed E-state index contributed by atoms with van der Waals surface area (Å²) in [5, 5.41) is 4.01. The number of amides is 1. The first-order valence-electron chi connectivity index (χ1n) is 8.82. The molecule has 0 spiro atoms. The minimum Gasteiger partial charge on any atom is -0.497 e. The van der Waals surface area contributed by atoms with Gasteiger partial charge in [-0.1, -0.05) is 23.4 Å². The van der Waals surface area contributed by atoms with Gasteiger partial charge in [-0.3, -0.25) is 14.2 Å². The molecule has 0 radical (unpaired) electrons. The maximum absolute atomic E-state index is 12.4. The topological polar surface area (TPSA) is 73.2 Å². The molecule has 0 bridgehead atoms. The van der Waals surface area contributed by atoms with E-state index in [1.165, 1.54) is 18.7 Å².